The zero-order valence-corrected chi connectivity index (χ0v) is 45.8. The Labute approximate surface area is 441 Å². The molecular weight excluding hydrogens is 983 g/mol. The average Bonchev–Trinajstić information content (AvgIpc) is 3.37. The predicted molar refractivity (Wildman–Crippen MR) is 270 cm³/mol. The molecule has 74 heavy (non-hydrogen) atoms. The smallest absolute Gasteiger partial charge is 0.314 e. The molecule has 0 aromatic heterocycles. The molecule has 0 saturated heterocycles. The van der Waals surface area contributed by atoms with Crippen molar-refractivity contribution in [3.63, 3.8) is 0 Å². The first-order valence-electron chi connectivity index (χ1n) is 26.0. The largest absolute Gasteiger partial charge is 0.459 e. The second-order valence-corrected chi connectivity index (χ2v) is 17.0. The van der Waals surface area contributed by atoms with Crippen LogP contribution in [0.1, 0.15) is 34.6 Å². The van der Waals surface area contributed by atoms with E-state index in [1.807, 2.05) is 20.8 Å². The van der Waals surface area contributed by atoms with Crippen LogP contribution in [0.25, 0.3) is 10.4 Å². The third kappa shape index (κ3) is 60.8. The Balaban J connectivity index is 3.14. The number of rotatable bonds is 63. The number of hydrogen-bond donors (Lipinski definition) is 0. The van der Waals surface area contributed by atoms with Gasteiger partial charge in [-0.1, -0.05) is 5.11 Å². The number of esters is 1. The summed E-state index contributed by atoms with van der Waals surface area (Å²) < 4.78 is 115. The van der Waals surface area contributed by atoms with Gasteiger partial charge in [-0.25, -0.2) is 0 Å². The van der Waals surface area contributed by atoms with E-state index in [4.69, 9.17) is 105 Å². The van der Waals surface area contributed by atoms with Gasteiger partial charge in [0.15, 0.2) is 0 Å². The lowest BCUT2D eigenvalue weighted by Crippen LogP contribution is -2.37. The molecular formula is C49H97N3O22. The van der Waals surface area contributed by atoms with Crippen molar-refractivity contribution in [3.8, 4) is 0 Å². The van der Waals surface area contributed by atoms with Crippen LogP contribution in [0.15, 0.2) is 5.11 Å². The lowest BCUT2D eigenvalue weighted by atomic mass is 9.95. The molecule has 0 aromatic rings. The van der Waals surface area contributed by atoms with Crippen LogP contribution >= 0.6 is 0 Å². The Morgan fingerprint density at radius 2 is 0.459 bits per heavy atom. The van der Waals surface area contributed by atoms with Crippen LogP contribution in [-0.2, 0) is 104 Å². The summed E-state index contributed by atoms with van der Waals surface area (Å²) in [5, 5.41) is 3.38. The van der Waals surface area contributed by atoms with Crippen molar-refractivity contribution in [2.45, 2.75) is 40.2 Å². The molecule has 0 aliphatic carbocycles. The van der Waals surface area contributed by atoms with Gasteiger partial charge in [-0.15, -0.1) is 0 Å². The molecule has 0 bridgehead atoms. The number of nitrogens with zero attached hydrogens (tertiary/aromatic N) is 3. The van der Waals surface area contributed by atoms with Crippen molar-refractivity contribution < 1.29 is 104 Å². The molecule has 0 aliphatic heterocycles. The van der Waals surface area contributed by atoms with E-state index in [9.17, 15) is 4.79 Å². The minimum absolute atomic E-state index is 0.261. The SMILES string of the molecule is CC(C)(C)OC(=O)C(C)(C)COCCOCCOCCOCCOCCOCCOCCOCCOCCOCCOCCOCCOCCOCCOCCOCCOCCOCCOCCOCCN=[N+]=[N-]. The first-order valence-corrected chi connectivity index (χ1v) is 26.0. The Morgan fingerprint density at radius 1 is 0.297 bits per heavy atom. The summed E-state index contributed by atoms with van der Waals surface area (Å²) in [6.07, 6.45) is 0. The van der Waals surface area contributed by atoms with Crippen molar-refractivity contribution in [3.05, 3.63) is 10.4 Å². The van der Waals surface area contributed by atoms with Gasteiger partial charge in [0.05, 0.1) is 270 Å². The number of carbonyl (C=O) groups is 1. The van der Waals surface area contributed by atoms with Crippen LogP contribution in [0.3, 0.4) is 0 Å². The fraction of sp³-hybridized carbons (Fsp3) is 0.980. The Hall–Kier alpha value is -2.02. The maximum Gasteiger partial charge on any atom is 0.314 e. The Bertz CT molecular complexity index is 1190. The molecule has 0 heterocycles. The van der Waals surface area contributed by atoms with Gasteiger partial charge >= 0.3 is 5.97 Å². The lowest BCUT2D eigenvalue weighted by molar-refractivity contribution is -0.169. The average molecular weight is 1080 g/mol. The number of azide groups is 1. The highest BCUT2D eigenvalue weighted by Crippen LogP contribution is 2.21. The van der Waals surface area contributed by atoms with E-state index in [0.29, 0.717) is 264 Å². The van der Waals surface area contributed by atoms with Crippen LogP contribution in [0, 0.1) is 5.41 Å². The predicted octanol–water partition coefficient (Wildman–Crippen LogP) is 3.00. The van der Waals surface area contributed by atoms with E-state index in [1.54, 1.807) is 13.8 Å². The Kier molecular flexibility index (Phi) is 57.1. The zero-order chi connectivity index (χ0) is 53.8. The van der Waals surface area contributed by atoms with Crippen molar-refractivity contribution >= 4 is 5.97 Å². The van der Waals surface area contributed by atoms with E-state index in [1.165, 1.54) is 0 Å². The second-order valence-electron chi connectivity index (χ2n) is 17.0. The normalized spacial score (nSPS) is 12.0. The highest BCUT2D eigenvalue weighted by molar-refractivity contribution is 5.76. The zero-order valence-electron chi connectivity index (χ0n) is 45.8. The van der Waals surface area contributed by atoms with Gasteiger partial charge in [0, 0.05) is 11.5 Å². The van der Waals surface area contributed by atoms with Crippen LogP contribution < -0.4 is 0 Å². The fourth-order valence-electron chi connectivity index (χ4n) is 5.13. The molecule has 0 unspecified atom stereocenters. The number of carbonyl (C=O) groups excluding carboxylic acids is 1. The summed E-state index contributed by atoms with van der Waals surface area (Å²) in [5.74, 6) is -0.282. The quantitative estimate of drug-likeness (QED) is 0.0279. The minimum atomic E-state index is -0.722. The second kappa shape index (κ2) is 58.7. The van der Waals surface area contributed by atoms with Gasteiger partial charge in [0.1, 0.15) is 5.60 Å². The van der Waals surface area contributed by atoms with Crippen LogP contribution in [0.4, 0.5) is 0 Å². The highest BCUT2D eigenvalue weighted by Gasteiger charge is 2.32. The van der Waals surface area contributed by atoms with Crippen LogP contribution in [-0.4, -0.2) is 282 Å². The van der Waals surface area contributed by atoms with Gasteiger partial charge < -0.3 is 99.5 Å². The molecule has 0 radical (unpaired) electrons. The molecule has 0 fully saturated rings. The maximum atomic E-state index is 12.3. The molecule has 0 atom stereocenters. The van der Waals surface area contributed by atoms with Crippen molar-refractivity contribution in [2.75, 3.05) is 271 Å². The molecule has 25 nitrogen and oxygen atoms in total. The third-order valence-corrected chi connectivity index (χ3v) is 8.88. The molecule has 25 heteroatoms. The molecule has 0 spiro atoms. The van der Waals surface area contributed by atoms with Gasteiger partial charge in [-0.2, -0.15) is 0 Å². The summed E-state index contributed by atoms with van der Waals surface area (Å²) in [6, 6.07) is 0. The molecule has 0 saturated carbocycles. The van der Waals surface area contributed by atoms with Crippen molar-refractivity contribution in [1.82, 2.24) is 0 Å². The van der Waals surface area contributed by atoms with Crippen molar-refractivity contribution in [1.29, 1.82) is 0 Å². The highest BCUT2D eigenvalue weighted by atomic mass is 16.6. The monoisotopic (exact) mass is 1080 g/mol. The van der Waals surface area contributed by atoms with E-state index in [0.717, 1.165) is 0 Å². The molecule has 0 rings (SSSR count). The molecule has 0 aliphatic rings. The van der Waals surface area contributed by atoms with Gasteiger partial charge in [-0.05, 0) is 40.1 Å². The summed E-state index contributed by atoms with van der Waals surface area (Å²) in [7, 11) is 0. The molecule has 0 amide bonds. The van der Waals surface area contributed by atoms with Gasteiger partial charge in [-0.3, -0.25) is 4.79 Å². The minimum Gasteiger partial charge on any atom is -0.459 e. The van der Waals surface area contributed by atoms with E-state index < -0.39 is 11.0 Å². The summed E-state index contributed by atoms with van der Waals surface area (Å²) in [6.45, 7) is 28.1. The van der Waals surface area contributed by atoms with E-state index >= 15 is 0 Å². The molecule has 0 aromatic carbocycles. The molecule has 440 valence electrons. The first-order chi connectivity index (χ1) is 36.2. The fourth-order valence-corrected chi connectivity index (χ4v) is 5.13. The summed E-state index contributed by atoms with van der Waals surface area (Å²) in [4.78, 5) is 14.9. The van der Waals surface area contributed by atoms with Crippen molar-refractivity contribution in [2.24, 2.45) is 10.5 Å². The topological polar surface area (TPSA) is 260 Å². The lowest BCUT2D eigenvalue weighted by Gasteiger charge is -2.28. The maximum absolute atomic E-state index is 12.3. The van der Waals surface area contributed by atoms with E-state index in [-0.39, 0.29) is 12.6 Å². The number of hydrogen-bond acceptors (Lipinski definition) is 23. The van der Waals surface area contributed by atoms with Gasteiger partial charge in [0.2, 0.25) is 0 Å². The summed E-state index contributed by atoms with van der Waals surface area (Å²) >= 11 is 0. The van der Waals surface area contributed by atoms with E-state index in [2.05, 4.69) is 10.0 Å². The van der Waals surface area contributed by atoms with Crippen LogP contribution in [0.2, 0.25) is 0 Å². The third-order valence-electron chi connectivity index (χ3n) is 8.88. The van der Waals surface area contributed by atoms with Crippen LogP contribution in [0.5, 0.6) is 0 Å². The first kappa shape index (κ1) is 72.0. The Morgan fingerprint density at radius 3 is 0.622 bits per heavy atom. The van der Waals surface area contributed by atoms with Gasteiger partial charge in [0.25, 0.3) is 0 Å². The summed E-state index contributed by atoms with van der Waals surface area (Å²) in [5.41, 5.74) is 6.92. The number of ether oxygens (including phenoxy) is 21. The standard InChI is InChI=1S/C49H97N3O22/c1-48(2,3)74-47(53)49(4,5)46-73-45-44-72-43-42-71-41-40-70-39-38-69-37-36-68-35-34-67-33-32-66-31-30-65-29-28-64-27-26-63-25-24-62-23-22-61-21-20-60-19-18-59-17-16-58-15-14-57-13-12-56-11-10-55-9-8-54-7-6-51-52-50/h6-46H2,1-5H3. The molecule has 0 N–H and O–H groups in total.